The molecule has 43 heavy (non-hydrogen) atoms. The van der Waals surface area contributed by atoms with Crippen LogP contribution in [0, 0.1) is 5.82 Å². The summed E-state index contributed by atoms with van der Waals surface area (Å²) in [6.45, 7) is 18.3. The maximum atomic E-state index is 16.2. The summed E-state index contributed by atoms with van der Waals surface area (Å²) in [5.74, 6) is 0.0963. The molecule has 10 heteroatoms. The summed E-state index contributed by atoms with van der Waals surface area (Å²) in [6, 6.07) is 15.9. The highest BCUT2D eigenvalue weighted by atomic mass is 32.1. The highest BCUT2D eigenvalue weighted by Crippen LogP contribution is 2.47. The van der Waals surface area contributed by atoms with Crippen molar-refractivity contribution in [2.75, 3.05) is 0 Å². The average molecular weight is 601 g/mol. The molecule has 3 aliphatic heterocycles. The molecule has 2 aromatic carbocycles. The molecule has 0 amide bonds. The lowest BCUT2D eigenvalue weighted by Gasteiger charge is -2.32. The molecule has 0 aliphatic carbocycles. The Morgan fingerprint density at radius 1 is 0.767 bits per heavy atom. The Morgan fingerprint density at radius 3 is 1.95 bits per heavy atom. The number of rotatable bonds is 4. The second-order valence-corrected chi connectivity index (χ2v) is 15.1. The van der Waals surface area contributed by atoms with Crippen LogP contribution in [-0.2, 0) is 25.0 Å². The zero-order chi connectivity index (χ0) is 30.7. The third-order valence-corrected chi connectivity index (χ3v) is 11.3. The van der Waals surface area contributed by atoms with Gasteiger partial charge in [0.2, 0.25) is 6.23 Å². The van der Waals surface area contributed by atoms with E-state index in [1.54, 1.807) is 11.3 Å². The molecule has 5 heterocycles. The molecule has 6 nitrogen and oxygen atoms in total. The van der Waals surface area contributed by atoms with E-state index in [0.717, 1.165) is 33.4 Å². The Hall–Kier alpha value is -2.62. The first-order valence-electron chi connectivity index (χ1n) is 15.1. The number of halogens is 1. The van der Waals surface area contributed by atoms with Crippen molar-refractivity contribution in [1.29, 1.82) is 0 Å². The van der Waals surface area contributed by atoms with Crippen molar-refractivity contribution in [3.05, 3.63) is 64.1 Å². The molecule has 0 bridgehead atoms. The minimum atomic E-state index is -0.699. The monoisotopic (exact) mass is 601 g/mol. The first-order valence-corrected chi connectivity index (χ1v) is 15.9. The van der Waals surface area contributed by atoms with Crippen LogP contribution in [0.2, 0.25) is 0 Å². The van der Waals surface area contributed by atoms with Crippen LogP contribution in [0.3, 0.4) is 0 Å². The standard InChI is InChI=1S/C33H38B2FNO5S/c1-10-22-12-14-27(43-22)29-37-24-13-11-20(34-39-30(2,3)31(4,5)40-34)15-19(24)16-25(37)28-23(36)17-21(18-26(28)38-29)35-41-32(6,7)33(8,9)42-35/h11-18,29H,10H2,1-9H3. The Morgan fingerprint density at radius 2 is 1.37 bits per heavy atom. The van der Waals surface area contributed by atoms with E-state index in [9.17, 15) is 0 Å². The molecule has 0 spiro atoms. The van der Waals surface area contributed by atoms with Crippen molar-refractivity contribution in [2.24, 2.45) is 0 Å². The molecule has 2 saturated heterocycles. The highest BCUT2D eigenvalue weighted by Gasteiger charge is 2.53. The average Bonchev–Trinajstić information content (AvgIpc) is 3.64. The second kappa shape index (κ2) is 9.44. The number of benzene rings is 2. The van der Waals surface area contributed by atoms with Gasteiger partial charge >= 0.3 is 14.2 Å². The fraction of sp³-hybridized carbons (Fsp3) is 0.455. The van der Waals surface area contributed by atoms with Crippen LogP contribution >= 0.6 is 11.3 Å². The minimum absolute atomic E-state index is 0.378. The van der Waals surface area contributed by atoms with Gasteiger partial charge in [0.25, 0.3) is 0 Å². The van der Waals surface area contributed by atoms with Gasteiger partial charge in [-0.2, -0.15) is 0 Å². The van der Waals surface area contributed by atoms with E-state index < -0.39 is 42.9 Å². The number of fused-ring (bicyclic) bond motifs is 5. The van der Waals surface area contributed by atoms with E-state index in [4.69, 9.17) is 23.4 Å². The lowest BCUT2D eigenvalue weighted by atomic mass is 9.78. The Labute approximate surface area is 257 Å². The molecule has 2 aromatic heterocycles. The van der Waals surface area contributed by atoms with Crippen LogP contribution in [-0.4, -0.2) is 41.2 Å². The van der Waals surface area contributed by atoms with E-state index in [0.29, 0.717) is 16.8 Å². The molecule has 224 valence electrons. The van der Waals surface area contributed by atoms with Crippen LogP contribution in [0.15, 0.2) is 48.5 Å². The van der Waals surface area contributed by atoms with Crippen molar-refractivity contribution in [1.82, 2.24) is 4.57 Å². The second-order valence-electron chi connectivity index (χ2n) is 13.9. The van der Waals surface area contributed by atoms with Gasteiger partial charge in [0, 0.05) is 10.3 Å². The van der Waals surface area contributed by atoms with Crippen LogP contribution < -0.4 is 15.7 Å². The van der Waals surface area contributed by atoms with Crippen LogP contribution in [0.5, 0.6) is 5.75 Å². The molecule has 7 rings (SSSR count). The van der Waals surface area contributed by atoms with E-state index in [1.807, 2.05) is 73.6 Å². The Kier molecular flexibility index (Phi) is 6.39. The number of hydrogen-bond acceptors (Lipinski definition) is 6. The number of aryl methyl sites for hydroxylation is 1. The minimum Gasteiger partial charge on any atom is -0.464 e. The quantitative estimate of drug-likeness (QED) is 0.247. The van der Waals surface area contributed by atoms with Crippen LogP contribution in [0.25, 0.3) is 22.2 Å². The lowest BCUT2D eigenvalue weighted by molar-refractivity contribution is 0.00578. The third-order valence-electron chi connectivity index (χ3n) is 9.99. The van der Waals surface area contributed by atoms with Crippen molar-refractivity contribution < 1.29 is 27.7 Å². The molecule has 1 atom stereocenters. The van der Waals surface area contributed by atoms with Crippen molar-refractivity contribution in [2.45, 2.75) is 97.4 Å². The summed E-state index contributed by atoms with van der Waals surface area (Å²) in [5, 5.41) is 0.963. The topological polar surface area (TPSA) is 51.1 Å². The molecule has 0 saturated carbocycles. The molecular weight excluding hydrogens is 563 g/mol. The molecular formula is C33H38B2FNO5S. The van der Waals surface area contributed by atoms with E-state index in [2.05, 4.69) is 35.8 Å². The summed E-state index contributed by atoms with van der Waals surface area (Å²) in [7, 11) is -1.19. The summed E-state index contributed by atoms with van der Waals surface area (Å²) in [4.78, 5) is 2.32. The molecule has 0 radical (unpaired) electrons. The third kappa shape index (κ3) is 4.44. The van der Waals surface area contributed by atoms with E-state index >= 15 is 4.39 Å². The Balaban J connectivity index is 1.36. The summed E-state index contributed by atoms with van der Waals surface area (Å²) in [5.41, 5.74) is 1.69. The van der Waals surface area contributed by atoms with E-state index in [-0.39, 0.29) is 5.82 Å². The predicted molar refractivity (Wildman–Crippen MR) is 171 cm³/mol. The first kappa shape index (κ1) is 29.1. The maximum absolute atomic E-state index is 16.2. The Bertz CT molecular complexity index is 1730. The number of hydrogen-bond donors (Lipinski definition) is 0. The smallest absolute Gasteiger partial charge is 0.464 e. The summed E-state index contributed by atoms with van der Waals surface area (Å²) >= 11 is 1.72. The van der Waals surface area contributed by atoms with Gasteiger partial charge in [-0.3, -0.25) is 4.57 Å². The number of aromatic nitrogens is 1. The van der Waals surface area contributed by atoms with Gasteiger partial charge in [0.05, 0.1) is 44.1 Å². The van der Waals surface area contributed by atoms with E-state index in [1.165, 1.54) is 10.9 Å². The molecule has 3 aliphatic rings. The largest absolute Gasteiger partial charge is 0.495 e. The highest BCUT2D eigenvalue weighted by molar-refractivity contribution is 7.12. The first-order chi connectivity index (χ1) is 20.1. The van der Waals surface area contributed by atoms with Crippen molar-refractivity contribution in [3.8, 4) is 17.0 Å². The van der Waals surface area contributed by atoms with Crippen molar-refractivity contribution >= 4 is 47.4 Å². The van der Waals surface area contributed by atoms with Crippen LogP contribution in [0.1, 0.15) is 78.3 Å². The predicted octanol–water partition coefficient (Wildman–Crippen LogP) is 6.61. The lowest BCUT2D eigenvalue weighted by Crippen LogP contribution is -2.41. The normalized spacial score (nSPS) is 23.0. The number of nitrogens with zero attached hydrogens (tertiary/aromatic N) is 1. The SMILES string of the molecule is CCc1ccc(C2Oc3cc(B4OC(C)(C)C(C)(C)O4)cc(F)c3-c3cc4cc(B5OC(C)(C)C(C)(C)O5)ccc4n32)s1. The molecule has 1 unspecified atom stereocenters. The van der Waals surface area contributed by atoms with Gasteiger partial charge in [0.15, 0.2) is 0 Å². The number of thiophene rings is 1. The number of ether oxygens (including phenoxy) is 1. The van der Waals surface area contributed by atoms with Crippen LogP contribution in [0.4, 0.5) is 4.39 Å². The van der Waals surface area contributed by atoms with Gasteiger partial charge in [-0.25, -0.2) is 4.39 Å². The zero-order valence-electron chi connectivity index (χ0n) is 26.3. The molecule has 2 fully saturated rings. The zero-order valence-corrected chi connectivity index (χ0v) is 27.1. The summed E-state index contributed by atoms with van der Waals surface area (Å²) in [6.07, 6.45) is 0.478. The van der Waals surface area contributed by atoms with Gasteiger partial charge in [-0.05, 0) is 109 Å². The van der Waals surface area contributed by atoms with Gasteiger partial charge in [-0.15, -0.1) is 11.3 Å². The summed E-state index contributed by atoms with van der Waals surface area (Å²) < 4.78 is 50.2. The van der Waals surface area contributed by atoms with Gasteiger partial charge < -0.3 is 23.4 Å². The molecule has 4 aromatic rings. The maximum Gasteiger partial charge on any atom is 0.495 e. The van der Waals surface area contributed by atoms with Gasteiger partial charge in [0.1, 0.15) is 11.6 Å². The fourth-order valence-electron chi connectivity index (χ4n) is 5.96. The fourth-order valence-corrected chi connectivity index (χ4v) is 6.93. The van der Waals surface area contributed by atoms with Gasteiger partial charge in [-0.1, -0.05) is 19.1 Å². The molecule has 0 N–H and O–H groups in total. The van der Waals surface area contributed by atoms with Crippen molar-refractivity contribution in [3.63, 3.8) is 0 Å².